The second-order valence-electron chi connectivity index (χ2n) is 5.18. The van der Waals surface area contributed by atoms with Gasteiger partial charge >= 0.3 is 0 Å². The van der Waals surface area contributed by atoms with Crippen molar-refractivity contribution in [3.63, 3.8) is 0 Å². The maximum Gasteiger partial charge on any atom is 0.173 e. The van der Waals surface area contributed by atoms with E-state index in [9.17, 15) is 0 Å². The molecule has 0 amide bonds. The van der Waals surface area contributed by atoms with Gasteiger partial charge in [0.15, 0.2) is 5.84 Å². The molecule has 0 bridgehead atoms. The Morgan fingerprint density at radius 3 is 2.52 bits per heavy atom. The molecule has 122 valence electrons. The molecule has 1 heterocycles. The fraction of sp³-hybridized carbons (Fsp3) is 0.316. The summed E-state index contributed by atoms with van der Waals surface area (Å²) >= 11 is 0. The Hall–Kier alpha value is -2.49. The average Bonchev–Trinajstić information content (AvgIpc) is 3.01. The molecular weight excluding hydrogens is 284 g/mol. The number of aromatic nitrogens is 1. The van der Waals surface area contributed by atoms with E-state index in [1.807, 2.05) is 30.3 Å². The van der Waals surface area contributed by atoms with Crippen LogP contribution in [0, 0.1) is 10.9 Å². The van der Waals surface area contributed by atoms with E-state index in [1.54, 1.807) is 0 Å². The first-order valence-corrected chi connectivity index (χ1v) is 7.91. The maximum atomic E-state index is 7.56. The van der Waals surface area contributed by atoms with Gasteiger partial charge in [-0.15, -0.1) is 11.7 Å². The predicted octanol–water partition coefficient (Wildman–Crippen LogP) is 5.94. The highest BCUT2D eigenvalue weighted by molar-refractivity contribution is 5.99. The number of fused-ring (bicyclic) bond motifs is 1. The fourth-order valence-corrected chi connectivity index (χ4v) is 2.18. The molecule has 23 heavy (non-hydrogen) atoms. The predicted molar refractivity (Wildman–Crippen MR) is 98.5 cm³/mol. The Balaban J connectivity index is 0.000000593. The SMILES string of the molecule is C/C=C(\CC)Cn1ccc2cc(C(=N)N=N)ccc21.C=CCC. The lowest BCUT2D eigenvalue weighted by Gasteiger charge is -2.08. The Morgan fingerprint density at radius 2 is 2.00 bits per heavy atom. The smallest absolute Gasteiger partial charge is 0.173 e. The lowest BCUT2D eigenvalue weighted by atomic mass is 10.1. The summed E-state index contributed by atoms with van der Waals surface area (Å²) in [7, 11) is 0. The van der Waals surface area contributed by atoms with Gasteiger partial charge < -0.3 is 4.57 Å². The minimum Gasteiger partial charge on any atom is -0.343 e. The number of nitrogens with zero attached hydrogens (tertiary/aromatic N) is 2. The van der Waals surface area contributed by atoms with Gasteiger partial charge in [-0.3, -0.25) is 5.41 Å². The highest BCUT2D eigenvalue weighted by Crippen LogP contribution is 2.20. The quantitative estimate of drug-likeness (QED) is 0.297. The van der Waals surface area contributed by atoms with Gasteiger partial charge in [0, 0.05) is 29.2 Å². The molecule has 0 unspecified atom stereocenters. The third kappa shape index (κ3) is 5.02. The molecular formula is C19H26N4. The van der Waals surface area contributed by atoms with Gasteiger partial charge in [0.05, 0.1) is 0 Å². The van der Waals surface area contributed by atoms with Gasteiger partial charge in [0.2, 0.25) is 0 Å². The topological polar surface area (TPSA) is 65.0 Å². The summed E-state index contributed by atoms with van der Waals surface area (Å²) < 4.78 is 2.21. The minimum atomic E-state index is -0.00245. The van der Waals surface area contributed by atoms with Gasteiger partial charge in [-0.05, 0) is 44.0 Å². The van der Waals surface area contributed by atoms with E-state index in [4.69, 9.17) is 10.9 Å². The van der Waals surface area contributed by atoms with E-state index in [1.165, 1.54) is 5.57 Å². The second kappa shape index (κ2) is 9.51. The van der Waals surface area contributed by atoms with Crippen LogP contribution >= 0.6 is 0 Å². The summed E-state index contributed by atoms with van der Waals surface area (Å²) in [6.45, 7) is 10.7. The zero-order valence-electron chi connectivity index (χ0n) is 14.3. The van der Waals surface area contributed by atoms with Gasteiger partial charge in [-0.2, -0.15) is 0 Å². The molecule has 0 aliphatic rings. The summed E-state index contributed by atoms with van der Waals surface area (Å²) in [5, 5.41) is 11.8. The van der Waals surface area contributed by atoms with Crippen LogP contribution in [0.25, 0.3) is 10.9 Å². The van der Waals surface area contributed by atoms with Crippen molar-refractivity contribution in [2.45, 2.75) is 40.2 Å². The molecule has 0 atom stereocenters. The molecule has 0 saturated carbocycles. The van der Waals surface area contributed by atoms with E-state index in [-0.39, 0.29) is 5.84 Å². The van der Waals surface area contributed by atoms with Gasteiger partial charge in [-0.1, -0.05) is 31.6 Å². The highest BCUT2D eigenvalue weighted by atomic mass is 15.0. The van der Waals surface area contributed by atoms with Gasteiger partial charge in [-0.25, -0.2) is 5.53 Å². The van der Waals surface area contributed by atoms with E-state index in [0.29, 0.717) is 5.56 Å². The van der Waals surface area contributed by atoms with Crippen LogP contribution in [0.4, 0.5) is 0 Å². The van der Waals surface area contributed by atoms with Crippen molar-refractivity contribution >= 4 is 16.7 Å². The molecule has 4 nitrogen and oxygen atoms in total. The molecule has 2 rings (SSSR count). The highest BCUT2D eigenvalue weighted by Gasteiger charge is 2.05. The van der Waals surface area contributed by atoms with E-state index in [2.05, 4.69) is 49.3 Å². The molecule has 1 aromatic carbocycles. The molecule has 0 radical (unpaired) electrons. The standard InChI is InChI=1S/C15H18N4.C4H8/c1-3-11(4-2)10-19-8-7-12-9-13(15(16)18-17)5-6-14(12)19;1-3-4-2/h3,5-9,16-17H,4,10H2,1-2H3;3H,1,4H2,2H3/b11-3+,16-15?,18-17?;. The Bertz CT molecular complexity index is 707. The van der Waals surface area contributed by atoms with Crippen LogP contribution in [0.2, 0.25) is 0 Å². The summed E-state index contributed by atoms with van der Waals surface area (Å²) in [6.07, 6.45) is 8.24. The maximum absolute atomic E-state index is 7.56. The number of allylic oxidation sites excluding steroid dienone is 3. The van der Waals surface area contributed by atoms with Crippen molar-refractivity contribution in [3.05, 3.63) is 60.3 Å². The Labute approximate surface area is 138 Å². The van der Waals surface area contributed by atoms with Crippen LogP contribution in [0.5, 0.6) is 0 Å². The monoisotopic (exact) mass is 310 g/mol. The van der Waals surface area contributed by atoms with Crippen LogP contribution in [0.3, 0.4) is 0 Å². The van der Waals surface area contributed by atoms with E-state index in [0.717, 1.165) is 30.3 Å². The molecule has 0 aliphatic heterocycles. The van der Waals surface area contributed by atoms with Crippen LogP contribution < -0.4 is 0 Å². The first kappa shape index (κ1) is 18.6. The van der Waals surface area contributed by atoms with E-state index < -0.39 is 0 Å². The van der Waals surface area contributed by atoms with Crippen molar-refractivity contribution in [1.82, 2.24) is 4.57 Å². The molecule has 0 aliphatic carbocycles. The number of amidine groups is 1. The number of rotatable bonds is 5. The molecule has 2 aromatic rings. The molecule has 4 heteroatoms. The Morgan fingerprint density at radius 1 is 1.30 bits per heavy atom. The van der Waals surface area contributed by atoms with Crippen molar-refractivity contribution < 1.29 is 0 Å². The van der Waals surface area contributed by atoms with Gasteiger partial charge in [0.25, 0.3) is 0 Å². The first-order chi connectivity index (χ1) is 11.1. The first-order valence-electron chi connectivity index (χ1n) is 7.91. The van der Waals surface area contributed by atoms with Crippen LogP contribution in [0.1, 0.15) is 39.2 Å². The molecule has 0 spiro atoms. The van der Waals surface area contributed by atoms with Crippen LogP contribution in [-0.2, 0) is 6.54 Å². The zero-order valence-corrected chi connectivity index (χ0v) is 14.3. The molecule has 2 N–H and O–H groups in total. The summed E-state index contributed by atoms with van der Waals surface area (Å²) in [5.41, 5.74) is 10.1. The lowest BCUT2D eigenvalue weighted by molar-refractivity contribution is 0.785. The number of nitrogens with one attached hydrogen (secondary N) is 2. The summed E-state index contributed by atoms with van der Waals surface area (Å²) in [5.74, 6) is -0.00245. The van der Waals surface area contributed by atoms with Crippen molar-refractivity contribution in [2.24, 2.45) is 5.11 Å². The molecule has 0 saturated heterocycles. The normalized spacial score (nSPS) is 10.8. The second-order valence-corrected chi connectivity index (χ2v) is 5.18. The third-order valence-electron chi connectivity index (χ3n) is 3.68. The van der Waals surface area contributed by atoms with E-state index >= 15 is 0 Å². The average molecular weight is 310 g/mol. The fourth-order valence-electron chi connectivity index (χ4n) is 2.18. The van der Waals surface area contributed by atoms with Crippen LogP contribution in [0.15, 0.2) is 59.9 Å². The lowest BCUT2D eigenvalue weighted by Crippen LogP contribution is -1.99. The minimum absolute atomic E-state index is 0.00245. The zero-order chi connectivity index (χ0) is 17.2. The number of benzene rings is 1. The molecule has 0 fully saturated rings. The van der Waals surface area contributed by atoms with Crippen molar-refractivity contribution in [1.29, 1.82) is 10.9 Å². The largest absolute Gasteiger partial charge is 0.343 e. The third-order valence-corrected chi connectivity index (χ3v) is 3.68. The van der Waals surface area contributed by atoms with Crippen LogP contribution in [-0.4, -0.2) is 10.4 Å². The summed E-state index contributed by atoms with van der Waals surface area (Å²) in [4.78, 5) is 0. The number of hydrogen-bond acceptors (Lipinski definition) is 2. The number of hydrogen-bond donors (Lipinski definition) is 2. The summed E-state index contributed by atoms with van der Waals surface area (Å²) in [6, 6.07) is 7.79. The Kier molecular flexibility index (Phi) is 7.67. The van der Waals surface area contributed by atoms with Crippen molar-refractivity contribution in [2.75, 3.05) is 0 Å². The van der Waals surface area contributed by atoms with Crippen molar-refractivity contribution in [3.8, 4) is 0 Å². The molecule has 1 aromatic heterocycles. The van der Waals surface area contributed by atoms with Gasteiger partial charge in [0.1, 0.15) is 0 Å².